The fourth-order valence-corrected chi connectivity index (χ4v) is 3.21. The average molecular weight is 334 g/mol. The third kappa shape index (κ3) is 2.88. The summed E-state index contributed by atoms with van der Waals surface area (Å²) in [5.74, 6) is 0.763. The molecule has 3 aromatic heterocycles. The zero-order valence-corrected chi connectivity index (χ0v) is 13.9. The molecule has 1 atom stereocenters. The van der Waals surface area contributed by atoms with E-state index in [4.69, 9.17) is 0 Å². The van der Waals surface area contributed by atoms with Gasteiger partial charge < -0.3 is 9.47 Å². The lowest BCUT2D eigenvalue weighted by Gasteiger charge is -2.24. The molecule has 0 aromatic carbocycles. The maximum Gasteiger partial charge on any atom is 0.255 e. The van der Waals surface area contributed by atoms with E-state index in [0.29, 0.717) is 5.56 Å². The Bertz CT molecular complexity index is 874. The van der Waals surface area contributed by atoms with Crippen LogP contribution in [0.1, 0.15) is 34.9 Å². The largest absolute Gasteiger partial charge is 0.333 e. The van der Waals surface area contributed by atoms with Crippen molar-refractivity contribution in [3.63, 3.8) is 0 Å². The number of hydrogen-bond acceptors (Lipinski definition) is 5. The van der Waals surface area contributed by atoms with E-state index in [0.717, 1.165) is 36.6 Å². The van der Waals surface area contributed by atoms with E-state index in [1.54, 1.807) is 43.1 Å². The van der Waals surface area contributed by atoms with E-state index >= 15 is 0 Å². The second kappa shape index (κ2) is 6.43. The van der Waals surface area contributed by atoms with Crippen LogP contribution in [0.3, 0.4) is 0 Å². The third-order valence-corrected chi connectivity index (χ3v) is 4.49. The van der Waals surface area contributed by atoms with Gasteiger partial charge in [-0.2, -0.15) is 0 Å². The van der Waals surface area contributed by atoms with Crippen LogP contribution >= 0.6 is 0 Å². The first-order chi connectivity index (χ1) is 12.2. The molecule has 0 radical (unpaired) electrons. The molecule has 1 fully saturated rings. The fraction of sp³-hybridized carbons (Fsp3) is 0.278. The second-order valence-corrected chi connectivity index (χ2v) is 6.09. The van der Waals surface area contributed by atoms with Crippen LogP contribution in [-0.2, 0) is 7.05 Å². The van der Waals surface area contributed by atoms with Gasteiger partial charge in [-0.05, 0) is 25.0 Å². The van der Waals surface area contributed by atoms with E-state index in [9.17, 15) is 4.79 Å². The topological polar surface area (TPSA) is 76.8 Å². The van der Waals surface area contributed by atoms with Crippen LogP contribution in [0.5, 0.6) is 0 Å². The van der Waals surface area contributed by atoms with E-state index in [2.05, 4.69) is 19.9 Å². The molecule has 7 nitrogen and oxygen atoms in total. The summed E-state index contributed by atoms with van der Waals surface area (Å²) in [6, 6.07) is 3.52. The smallest absolute Gasteiger partial charge is 0.255 e. The maximum absolute atomic E-state index is 12.8. The minimum absolute atomic E-state index is 0.00872. The molecule has 0 aliphatic carbocycles. The Hall–Kier alpha value is -3.09. The van der Waals surface area contributed by atoms with Crippen LogP contribution in [-0.4, -0.2) is 41.9 Å². The number of imidazole rings is 1. The van der Waals surface area contributed by atoms with Gasteiger partial charge >= 0.3 is 0 Å². The SMILES string of the molecule is Cn1ccnc1-c1cnc(C2CCCN2C(=O)c2cccnc2)cn1. The number of likely N-dealkylation sites (tertiary alicyclic amines) is 1. The van der Waals surface area contributed by atoms with Crippen molar-refractivity contribution < 1.29 is 4.79 Å². The Labute approximate surface area is 145 Å². The quantitative estimate of drug-likeness (QED) is 0.734. The molecule has 1 unspecified atom stereocenters. The van der Waals surface area contributed by atoms with Crippen LogP contribution < -0.4 is 0 Å². The van der Waals surface area contributed by atoms with Gasteiger partial charge in [-0.15, -0.1) is 0 Å². The average Bonchev–Trinajstić information content (AvgIpc) is 3.31. The predicted molar refractivity (Wildman–Crippen MR) is 91.5 cm³/mol. The number of hydrogen-bond donors (Lipinski definition) is 0. The summed E-state index contributed by atoms with van der Waals surface area (Å²) in [6.07, 6.45) is 12.2. The Balaban J connectivity index is 1.58. The van der Waals surface area contributed by atoms with Crippen LogP contribution in [0.15, 0.2) is 49.3 Å². The highest BCUT2D eigenvalue weighted by atomic mass is 16.2. The van der Waals surface area contributed by atoms with Crippen molar-refractivity contribution in [3.8, 4) is 11.5 Å². The van der Waals surface area contributed by atoms with Gasteiger partial charge in [0.15, 0.2) is 5.82 Å². The van der Waals surface area contributed by atoms with Crippen molar-refractivity contribution in [2.24, 2.45) is 7.05 Å². The standard InChI is InChI=1S/C18H18N6O/c1-23-9-7-20-17(23)15-12-21-14(11-22-15)16-5-3-8-24(16)18(25)13-4-2-6-19-10-13/h2,4,6-7,9-12,16H,3,5,8H2,1H3. The van der Waals surface area contributed by atoms with Crippen molar-refractivity contribution in [1.29, 1.82) is 0 Å². The number of rotatable bonds is 3. The number of aromatic nitrogens is 5. The molecule has 0 N–H and O–H groups in total. The van der Waals surface area contributed by atoms with Gasteiger partial charge in [-0.1, -0.05) is 0 Å². The molecule has 0 spiro atoms. The molecule has 1 aliphatic rings. The molecular formula is C18H18N6O. The summed E-state index contributed by atoms with van der Waals surface area (Å²) >= 11 is 0. The van der Waals surface area contributed by atoms with Crippen LogP contribution in [0, 0.1) is 0 Å². The molecule has 126 valence electrons. The number of carbonyl (C=O) groups excluding carboxylic acids is 1. The lowest BCUT2D eigenvalue weighted by molar-refractivity contribution is 0.0732. The first-order valence-corrected chi connectivity index (χ1v) is 8.24. The van der Waals surface area contributed by atoms with Gasteiger partial charge in [-0.3, -0.25) is 14.8 Å². The monoisotopic (exact) mass is 334 g/mol. The molecule has 3 aromatic rings. The number of pyridine rings is 1. The molecule has 1 saturated heterocycles. The van der Waals surface area contributed by atoms with Crippen molar-refractivity contribution in [2.45, 2.75) is 18.9 Å². The molecule has 7 heteroatoms. The Morgan fingerprint density at radius 3 is 2.76 bits per heavy atom. The molecule has 0 saturated carbocycles. The number of carbonyl (C=O) groups is 1. The highest BCUT2D eigenvalue weighted by Gasteiger charge is 2.31. The molecule has 4 rings (SSSR count). The van der Waals surface area contributed by atoms with Gasteiger partial charge in [0.05, 0.1) is 29.7 Å². The number of aryl methyl sites for hydroxylation is 1. The Morgan fingerprint density at radius 2 is 2.08 bits per heavy atom. The highest BCUT2D eigenvalue weighted by molar-refractivity contribution is 5.94. The van der Waals surface area contributed by atoms with E-state index in [-0.39, 0.29) is 11.9 Å². The predicted octanol–water partition coefficient (Wildman–Crippen LogP) is 2.25. The molecule has 0 bridgehead atoms. The summed E-state index contributed by atoms with van der Waals surface area (Å²) < 4.78 is 1.90. The van der Waals surface area contributed by atoms with Crippen molar-refractivity contribution in [3.05, 3.63) is 60.6 Å². The number of amides is 1. The highest BCUT2D eigenvalue weighted by Crippen LogP contribution is 2.32. The van der Waals surface area contributed by atoms with Crippen molar-refractivity contribution in [2.75, 3.05) is 6.54 Å². The van der Waals surface area contributed by atoms with Crippen LogP contribution in [0.4, 0.5) is 0 Å². The van der Waals surface area contributed by atoms with E-state index in [1.807, 2.05) is 22.7 Å². The number of nitrogens with zero attached hydrogens (tertiary/aromatic N) is 6. The van der Waals surface area contributed by atoms with Gasteiger partial charge in [0.25, 0.3) is 5.91 Å². The van der Waals surface area contributed by atoms with Crippen LogP contribution in [0.2, 0.25) is 0 Å². The summed E-state index contributed by atoms with van der Waals surface area (Å²) in [5, 5.41) is 0. The first-order valence-electron chi connectivity index (χ1n) is 8.24. The lowest BCUT2D eigenvalue weighted by atomic mass is 10.1. The summed E-state index contributed by atoms with van der Waals surface area (Å²) in [7, 11) is 1.92. The minimum atomic E-state index is -0.0457. The zero-order valence-electron chi connectivity index (χ0n) is 13.9. The lowest BCUT2D eigenvalue weighted by Crippen LogP contribution is -2.31. The van der Waals surface area contributed by atoms with Crippen molar-refractivity contribution in [1.82, 2.24) is 29.4 Å². The first kappa shape index (κ1) is 15.4. The van der Waals surface area contributed by atoms with E-state index in [1.165, 1.54) is 0 Å². The minimum Gasteiger partial charge on any atom is -0.333 e. The van der Waals surface area contributed by atoms with Gasteiger partial charge in [0.1, 0.15) is 5.69 Å². The van der Waals surface area contributed by atoms with E-state index < -0.39 is 0 Å². The Kier molecular flexibility index (Phi) is 3.97. The summed E-state index contributed by atoms with van der Waals surface area (Å²) in [5.41, 5.74) is 2.14. The molecule has 1 amide bonds. The second-order valence-electron chi connectivity index (χ2n) is 6.09. The molecular weight excluding hydrogens is 316 g/mol. The molecule has 25 heavy (non-hydrogen) atoms. The molecule has 4 heterocycles. The van der Waals surface area contributed by atoms with Gasteiger partial charge in [-0.25, -0.2) is 9.97 Å². The fourth-order valence-electron chi connectivity index (χ4n) is 3.21. The summed E-state index contributed by atoms with van der Waals surface area (Å²) in [4.78, 5) is 32.0. The van der Waals surface area contributed by atoms with Crippen LogP contribution in [0.25, 0.3) is 11.5 Å². The van der Waals surface area contributed by atoms with Gasteiger partial charge in [0, 0.05) is 38.4 Å². The van der Waals surface area contributed by atoms with Crippen molar-refractivity contribution >= 4 is 5.91 Å². The Morgan fingerprint density at radius 1 is 1.16 bits per heavy atom. The molecule has 1 aliphatic heterocycles. The van der Waals surface area contributed by atoms with Gasteiger partial charge in [0.2, 0.25) is 0 Å². The normalized spacial score (nSPS) is 17.0. The maximum atomic E-state index is 12.8. The zero-order chi connectivity index (χ0) is 17.2. The summed E-state index contributed by atoms with van der Waals surface area (Å²) in [6.45, 7) is 0.723. The third-order valence-electron chi connectivity index (χ3n) is 4.49.